The highest BCUT2D eigenvalue weighted by Crippen LogP contribution is 2.30. The van der Waals surface area contributed by atoms with Crippen LogP contribution < -0.4 is 11.3 Å². The number of thiocarbonyl (C=S) groups is 1. The van der Waals surface area contributed by atoms with Crippen molar-refractivity contribution in [3.05, 3.63) is 51.9 Å². The molecule has 2 heterocycles. The molecule has 0 aliphatic heterocycles. The topological polar surface area (TPSA) is 60.9 Å². The maximum Gasteiger partial charge on any atom is 0.263 e. The zero-order valence-electron chi connectivity index (χ0n) is 11.4. The maximum absolute atomic E-state index is 12.8. The predicted molar refractivity (Wildman–Crippen MR) is 90.8 cm³/mol. The number of nitrogens with zero attached hydrogens (tertiary/aromatic N) is 2. The molecular formula is C15H13N3OS2. The molecule has 2 N–H and O–H groups in total. The Bertz CT molecular complexity index is 881. The van der Waals surface area contributed by atoms with E-state index in [1.807, 2.05) is 35.7 Å². The minimum Gasteiger partial charge on any atom is -0.392 e. The summed E-state index contributed by atoms with van der Waals surface area (Å²) in [6, 6.07) is 9.82. The highest BCUT2D eigenvalue weighted by atomic mass is 32.1. The van der Waals surface area contributed by atoms with Gasteiger partial charge in [-0.15, -0.1) is 11.3 Å². The number of thiophene rings is 1. The minimum atomic E-state index is -0.0922. The Hall–Kier alpha value is -2.05. The molecule has 6 heteroatoms. The highest BCUT2D eigenvalue weighted by Gasteiger charge is 2.15. The van der Waals surface area contributed by atoms with Crippen molar-refractivity contribution in [2.75, 3.05) is 0 Å². The molecule has 106 valence electrons. The number of hydrogen-bond donors (Lipinski definition) is 1. The Labute approximate surface area is 130 Å². The van der Waals surface area contributed by atoms with E-state index in [2.05, 4.69) is 4.98 Å². The molecule has 2 aromatic heterocycles. The average Bonchev–Trinajstić information content (AvgIpc) is 2.88. The summed E-state index contributed by atoms with van der Waals surface area (Å²) in [4.78, 5) is 18.3. The third-order valence-corrected chi connectivity index (χ3v) is 4.28. The van der Waals surface area contributed by atoms with Crippen molar-refractivity contribution in [3.8, 4) is 11.1 Å². The largest absolute Gasteiger partial charge is 0.392 e. The molecule has 1 aromatic carbocycles. The number of hydrogen-bond acceptors (Lipinski definition) is 4. The zero-order chi connectivity index (χ0) is 15.0. The van der Waals surface area contributed by atoms with Gasteiger partial charge in [0.2, 0.25) is 0 Å². The molecule has 4 nitrogen and oxygen atoms in total. The van der Waals surface area contributed by atoms with Gasteiger partial charge in [-0.3, -0.25) is 9.36 Å². The summed E-state index contributed by atoms with van der Waals surface area (Å²) in [6.07, 6.45) is 0. The van der Waals surface area contributed by atoms with Crippen LogP contribution >= 0.6 is 23.6 Å². The quantitative estimate of drug-likeness (QED) is 0.755. The fourth-order valence-electron chi connectivity index (χ4n) is 2.30. The molecule has 0 saturated carbocycles. The summed E-state index contributed by atoms with van der Waals surface area (Å²) < 4.78 is 1.53. The van der Waals surface area contributed by atoms with E-state index in [4.69, 9.17) is 18.0 Å². The first-order chi connectivity index (χ1) is 10.1. The lowest BCUT2D eigenvalue weighted by Gasteiger charge is -2.08. The van der Waals surface area contributed by atoms with Crippen LogP contribution in [0.15, 0.2) is 40.5 Å². The minimum absolute atomic E-state index is 0.0922. The summed E-state index contributed by atoms with van der Waals surface area (Å²) >= 11 is 6.39. The van der Waals surface area contributed by atoms with E-state index in [1.165, 1.54) is 15.9 Å². The molecule has 0 bridgehead atoms. The fourth-order valence-corrected chi connectivity index (χ4v) is 3.41. The molecule has 0 radical (unpaired) electrons. The summed E-state index contributed by atoms with van der Waals surface area (Å²) in [5, 5.41) is 2.60. The average molecular weight is 315 g/mol. The van der Waals surface area contributed by atoms with Crippen molar-refractivity contribution in [1.82, 2.24) is 9.55 Å². The number of aryl methyl sites for hydroxylation is 1. The maximum atomic E-state index is 12.8. The molecule has 0 fully saturated rings. The number of benzene rings is 1. The van der Waals surface area contributed by atoms with Gasteiger partial charge in [-0.05, 0) is 12.5 Å². The molecule has 21 heavy (non-hydrogen) atoms. The Morgan fingerprint density at radius 1 is 1.38 bits per heavy atom. The van der Waals surface area contributed by atoms with Gasteiger partial charge in [0, 0.05) is 10.9 Å². The number of fused-ring (bicyclic) bond motifs is 1. The van der Waals surface area contributed by atoms with E-state index in [-0.39, 0.29) is 17.1 Å². The van der Waals surface area contributed by atoms with Gasteiger partial charge in [0.25, 0.3) is 5.56 Å². The van der Waals surface area contributed by atoms with Crippen LogP contribution in [-0.2, 0) is 6.54 Å². The van der Waals surface area contributed by atoms with Crippen LogP contribution in [0.25, 0.3) is 21.3 Å². The number of nitrogens with two attached hydrogens (primary N) is 1. The van der Waals surface area contributed by atoms with Gasteiger partial charge in [-0.1, -0.05) is 42.5 Å². The van der Waals surface area contributed by atoms with Crippen LogP contribution in [0.4, 0.5) is 0 Å². The summed E-state index contributed by atoms with van der Waals surface area (Å²) in [5.74, 6) is 0.627. The van der Waals surface area contributed by atoms with Gasteiger partial charge in [0.15, 0.2) is 0 Å². The van der Waals surface area contributed by atoms with Crippen LogP contribution in [-0.4, -0.2) is 14.5 Å². The molecule has 0 spiro atoms. The highest BCUT2D eigenvalue weighted by molar-refractivity contribution is 7.80. The molecule has 0 aliphatic carbocycles. The Morgan fingerprint density at radius 3 is 2.76 bits per heavy atom. The van der Waals surface area contributed by atoms with Gasteiger partial charge in [0.05, 0.1) is 16.9 Å². The second-order valence-corrected chi connectivity index (χ2v) is 6.09. The zero-order valence-corrected chi connectivity index (χ0v) is 13.0. The van der Waals surface area contributed by atoms with E-state index >= 15 is 0 Å². The molecule has 0 aliphatic rings. The van der Waals surface area contributed by atoms with E-state index in [0.717, 1.165) is 16.0 Å². The fraction of sp³-hybridized carbons (Fsp3) is 0.133. The predicted octanol–water partition coefficient (Wildman–Crippen LogP) is 2.72. The Kier molecular flexibility index (Phi) is 3.57. The lowest BCUT2D eigenvalue weighted by molar-refractivity contribution is 0.753. The second-order valence-electron chi connectivity index (χ2n) is 4.71. The van der Waals surface area contributed by atoms with Crippen molar-refractivity contribution in [2.24, 2.45) is 5.73 Å². The second kappa shape index (κ2) is 5.38. The van der Waals surface area contributed by atoms with Gasteiger partial charge < -0.3 is 5.73 Å². The monoisotopic (exact) mass is 315 g/mol. The first kappa shape index (κ1) is 13.9. The van der Waals surface area contributed by atoms with Gasteiger partial charge >= 0.3 is 0 Å². The van der Waals surface area contributed by atoms with Crippen LogP contribution in [0.3, 0.4) is 0 Å². The van der Waals surface area contributed by atoms with Crippen molar-refractivity contribution in [3.63, 3.8) is 0 Å². The van der Waals surface area contributed by atoms with Crippen molar-refractivity contribution in [2.45, 2.75) is 13.5 Å². The molecule has 3 aromatic rings. The van der Waals surface area contributed by atoms with Crippen LogP contribution in [0.5, 0.6) is 0 Å². The van der Waals surface area contributed by atoms with E-state index < -0.39 is 0 Å². The summed E-state index contributed by atoms with van der Waals surface area (Å²) in [6.45, 7) is 2.01. The smallest absolute Gasteiger partial charge is 0.263 e. The molecule has 0 atom stereocenters. The molecule has 0 saturated heterocycles. The van der Waals surface area contributed by atoms with Crippen molar-refractivity contribution >= 4 is 38.8 Å². The SMILES string of the molecule is Cc1nc2scc(-c3ccccc3)c2c(=O)n1CC(N)=S. The normalized spacial score (nSPS) is 10.9. The standard InChI is InChI=1S/C15H13N3OS2/c1-9-17-14-13(15(19)18(9)7-12(16)20)11(8-21-14)10-5-3-2-4-6-10/h2-6,8H,7H2,1H3,(H2,16,20). The van der Waals surface area contributed by atoms with Crippen LogP contribution in [0.1, 0.15) is 5.82 Å². The number of aromatic nitrogens is 2. The van der Waals surface area contributed by atoms with E-state index in [0.29, 0.717) is 11.2 Å². The van der Waals surface area contributed by atoms with Gasteiger partial charge in [-0.2, -0.15) is 0 Å². The molecule has 0 amide bonds. The first-order valence-corrected chi connectivity index (χ1v) is 7.69. The first-order valence-electron chi connectivity index (χ1n) is 6.40. The summed E-state index contributed by atoms with van der Waals surface area (Å²) in [7, 11) is 0. The lowest BCUT2D eigenvalue weighted by atomic mass is 10.1. The molecule has 3 rings (SSSR count). The number of rotatable bonds is 3. The Balaban J connectivity index is 2.31. The van der Waals surface area contributed by atoms with E-state index in [1.54, 1.807) is 6.92 Å². The molecular weight excluding hydrogens is 302 g/mol. The lowest BCUT2D eigenvalue weighted by Crippen LogP contribution is -2.29. The van der Waals surface area contributed by atoms with Gasteiger partial charge in [-0.25, -0.2) is 4.98 Å². The Morgan fingerprint density at radius 2 is 2.10 bits per heavy atom. The van der Waals surface area contributed by atoms with E-state index in [9.17, 15) is 4.79 Å². The van der Waals surface area contributed by atoms with Crippen molar-refractivity contribution < 1.29 is 0 Å². The third-order valence-electron chi connectivity index (χ3n) is 3.28. The van der Waals surface area contributed by atoms with Crippen LogP contribution in [0, 0.1) is 6.92 Å². The third kappa shape index (κ3) is 2.48. The van der Waals surface area contributed by atoms with Crippen LogP contribution in [0.2, 0.25) is 0 Å². The summed E-state index contributed by atoms with van der Waals surface area (Å²) in [5.41, 5.74) is 7.40. The van der Waals surface area contributed by atoms with Gasteiger partial charge in [0.1, 0.15) is 10.7 Å². The van der Waals surface area contributed by atoms with Crippen molar-refractivity contribution in [1.29, 1.82) is 0 Å². The molecule has 0 unspecified atom stereocenters.